The Hall–Kier alpha value is -1.95. The molecule has 0 aliphatic carbocycles. The average molecular weight is 409 g/mol. The molecule has 2 aliphatic heterocycles. The SMILES string of the molecule is COC(=O)C1(C)CC(N2CCCc3cc(Cl)ccc32)CN1C(=O)OC(C)(C)C. The molecule has 2 heterocycles. The fraction of sp³-hybridized carbons (Fsp3) is 0.619. The van der Waals surface area contributed by atoms with Crippen molar-refractivity contribution in [2.45, 2.75) is 64.1 Å². The van der Waals surface area contributed by atoms with Gasteiger partial charge in [-0.1, -0.05) is 11.6 Å². The van der Waals surface area contributed by atoms with Gasteiger partial charge >= 0.3 is 12.1 Å². The number of aryl methyl sites for hydroxylation is 1. The van der Waals surface area contributed by atoms with Crippen molar-refractivity contribution in [1.82, 2.24) is 4.90 Å². The van der Waals surface area contributed by atoms with Gasteiger partial charge in [0, 0.05) is 36.3 Å². The number of esters is 1. The van der Waals surface area contributed by atoms with Gasteiger partial charge in [-0.25, -0.2) is 9.59 Å². The van der Waals surface area contributed by atoms with E-state index in [1.165, 1.54) is 17.6 Å². The first kappa shape index (κ1) is 20.8. The van der Waals surface area contributed by atoms with Gasteiger partial charge in [-0.15, -0.1) is 0 Å². The topological polar surface area (TPSA) is 59.1 Å². The molecule has 3 rings (SSSR count). The Morgan fingerprint density at radius 3 is 2.64 bits per heavy atom. The number of carbonyl (C=O) groups is 2. The predicted molar refractivity (Wildman–Crippen MR) is 109 cm³/mol. The van der Waals surface area contributed by atoms with Crippen LogP contribution in [0.1, 0.15) is 46.1 Å². The molecule has 154 valence electrons. The quantitative estimate of drug-likeness (QED) is 0.691. The highest BCUT2D eigenvalue weighted by Crippen LogP contribution is 2.39. The Balaban J connectivity index is 1.91. The van der Waals surface area contributed by atoms with Crippen LogP contribution in [0.15, 0.2) is 18.2 Å². The van der Waals surface area contributed by atoms with Crippen LogP contribution in [0.25, 0.3) is 0 Å². The van der Waals surface area contributed by atoms with Crippen LogP contribution in [-0.4, -0.2) is 54.3 Å². The van der Waals surface area contributed by atoms with Crippen molar-refractivity contribution >= 4 is 29.4 Å². The van der Waals surface area contributed by atoms with E-state index in [0.717, 1.165) is 30.1 Å². The number of carbonyl (C=O) groups excluding carboxylic acids is 2. The molecule has 1 amide bonds. The molecule has 0 aromatic heterocycles. The largest absolute Gasteiger partial charge is 0.467 e. The second-order valence-electron chi connectivity index (χ2n) is 8.78. The van der Waals surface area contributed by atoms with Gasteiger partial charge in [0.1, 0.15) is 11.1 Å². The number of ether oxygens (including phenoxy) is 2. The van der Waals surface area contributed by atoms with Gasteiger partial charge in [-0.05, 0) is 64.3 Å². The Bertz CT molecular complexity index is 776. The lowest BCUT2D eigenvalue weighted by molar-refractivity contribution is -0.152. The molecule has 0 N–H and O–H groups in total. The van der Waals surface area contributed by atoms with E-state index in [1.54, 1.807) is 6.92 Å². The van der Waals surface area contributed by atoms with Crippen molar-refractivity contribution in [1.29, 1.82) is 0 Å². The number of amides is 1. The molecule has 1 aromatic rings. The van der Waals surface area contributed by atoms with E-state index < -0.39 is 23.2 Å². The first-order valence-electron chi connectivity index (χ1n) is 9.69. The summed E-state index contributed by atoms with van der Waals surface area (Å²) in [6, 6.07) is 5.92. The van der Waals surface area contributed by atoms with Crippen LogP contribution in [0.5, 0.6) is 0 Å². The van der Waals surface area contributed by atoms with Crippen molar-refractivity contribution in [3.05, 3.63) is 28.8 Å². The zero-order valence-electron chi connectivity index (χ0n) is 17.3. The van der Waals surface area contributed by atoms with E-state index in [4.69, 9.17) is 21.1 Å². The minimum Gasteiger partial charge on any atom is -0.467 e. The van der Waals surface area contributed by atoms with Crippen molar-refractivity contribution < 1.29 is 19.1 Å². The smallest absolute Gasteiger partial charge is 0.411 e. The third-order valence-corrected chi connectivity index (χ3v) is 5.73. The molecule has 1 fully saturated rings. The number of likely N-dealkylation sites (tertiary alicyclic amines) is 1. The number of hydrogen-bond acceptors (Lipinski definition) is 5. The highest BCUT2D eigenvalue weighted by Gasteiger charge is 2.53. The third kappa shape index (κ3) is 3.93. The number of hydrogen-bond donors (Lipinski definition) is 0. The van der Waals surface area contributed by atoms with Crippen LogP contribution in [0, 0.1) is 0 Å². The summed E-state index contributed by atoms with van der Waals surface area (Å²) in [5.74, 6) is -0.422. The number of fused-ring (bicyclic) bond motifs is 1. The van der Waals surface area contributed by atoms with Crippen LogP contribution in [-0.2, 0) is 20.7 Å². The fourth-order valence-corrected chi connectivity index (χ4v) is 4.43. The molecule has 2 atom stereocenters. The number of nitrogens with zero attached hydrogens (tertiary/aromatic N) is 2. The summed E-state index contributed by atoms with van der Waals surface area (Å²) in [5, 5.41) is 0.724. The second kappa shape index (κ2) is 7.47. The third-order valence-electron chi connectivity index (χ3n) is 5.50. The fourth-order valence-electron chi connectivity index (χ4n) is 4.24. The van der Waals surface area contributed by atoms with Gasteiger partial charge < -0.3 is 14.4 Å². The van der Waals surface area contributed by atoms with Crippen molar-refractivity contribution in [3.8, 4) is 0 Å². The van der Waals surface area contributed by atoms with Crippen LogP contribution < -0.4 is 4.90 Å². The molecular formula is C21H29ClN2O4. The number of benzene rings is 1. The molecule has 0 radical (unpaired) electrons. The van der Waals surface area contributed by atoms with Gasteiger partial charge in [0.05, 0.1) is 7.11 Å². The summed E-state index contributed by atoms with van der Waals surface area (Å²) in [5.41, 5.74) is 0.625. The van der Waals surface area contributed by atoms with E-state index >= 15 is 0 Å². The van der Waals surface area contributed by atoms with Crippen molar-refractivity contribution in [2.75, 3.05) is 25.1 Å². The van der Waals surface area contributed by atoms with E-state index in [-0.39, 0.29) is 6.04 Å². The standard InChI is InChI=1S/C21H29ClN2O4/c1-20(2,3)28-19(26)24-13-16(12-21(24,4)18(25)27-5)23-10-6-7-14-11-15(22)8-9-17(14)23/h8-9,11,16H,6-7,10,12-13H2,1-5H3. The molecule has 1 saturated heterocycles. The molecule has 2 unspecified atom stereocenters. The highest BCUT2D eigenvalue weighted by atomic mass is 35.5. The van der Waals surface area contributed by atoms with Crippen LogP contribution in [0.4, 0.5) is 10.5 Å². The maximum atomic E-state index is 12.9. The highest BCUT2D eigenvalue weighted by molar-refractivity contribution is 6.30. The minimum absolute atomic E-state index is 0.00292. The lowest BCUT2D eigenvalue weighted by atomic mass is 9.94. The molecule has 0 saturated carbocycles. The van der Waals surface area contributed by atoms with E-state index in [9.17, 15) is 9.59 Å². The lowest BCUT2D eigenvalue weighted by Crippen LogP contribution is -2.52. The monoisotopic (exact) mass is 408 g/mol. The maximum Gasteiger partial charge on any atom is 0.411 e. The van der Waals surface area contributed by atoms with Gasteiger partial charge in [0.2, 0.25) is 0 Å². The Labute approximate surface area is 171 Å². The first-order chi connectivity index (χ1) is 13.0. The molecule has 1 aromatic carbocycles. The molecular weight excluding hydrogens is 380 g/mol. The van der Waals surface area contributed by atoms with Gasteiger partial charge in [-0.2, -0.15) is 0 Å². The molecule has 0 spiro atoms. The summed E-state index contributed by atoms with van der Waals surface area (Å²) >= 11 is 6.17. The summed E-state index contributed by atoms with van der Waals surface area (Å²) in [6.45, 7) is 8.49. The summed E-state index contributed by atoms with van der Waals surface area (Å²) < 4.78 is 10.6. The van der Waals surface area contributed by atoms with E-state index in [2.05, 4.69) is 4.90 Å². The number of halogens is 1. The van der Waals surface area contributed by atoms with Crippen LogP contribution >= 0.6 is 11.6 Å². The predicted octanol–water partition coefficient (Wildman–Crippen LogP) is 4.03. The van der Waals surface area contributed by atoms with Crippen LogP contribution in [0.3, 0.4) is 0 Å². The number of anilines is 1. The lowest BCUT2D eigenvalue weighted by Gasteiger charge is -2.36. The Morgan fingerprint density at radius 1 is 1.29 bits per heavy atom. The first-order valence-corrected chi connectivity index (χ1v) is 10.1. The molecule has 6 nitrogen and oxygen atoms in total. The molecule has 2 aliphatic rings. The zero-order chi connectivity index (χ0) is 20.7. The van der Waals surface area contributed by atoms with Crippen molar-refractivity contribution in [3.63, 3.8) is 0 Å². The van der Waals surface area contributed by atoms with Crippen molar-refractivity contribution in [2.24, 2.45) is 0 Å². The Morgan fingerprint density at radius 2 is 2.00 bits per heavy atom. The summed E-state index contributed by atoms with van der Waals surface area (Å²) in [6.07, 6.45) is 1.98. The second-order valence-corrected chi connectivity index (χ2v) is 9.22. The summed E-state index contributed by atoms with van der Waals surface area (Å²) in [7, 11) is 1.35. The molecule has 7 heteroatoms. The van der Waals surface area contributed by atoms with Gasteiger partial charge in [-0.3, -0.25) is 4.90 Å². The summed E-state index contributed by atoms with van der Waals surface area (Å²) in [4.78, 5) is 29.3. The molecule has 28 heavy (non-hydrogen) atoms. The maximum absolute atomic E-state index is 12.9. The van der Waals surface area contributed by atoms with Gasteiger partial charge in [0.25, 0.3) is 0 Å². The number of methoxy groups -OCH3 is 1. The Kier molecular flexibility index (Phi) is 5.54. The average Bonchev–Trinajstić information content (AvgIpc) is 2.97. The molecule has 0 bridgehead atoms. The minimum atomic E-state index is -1.06. The number of rotatable bonds is 2. The van der Waals surface area contributed by atoms with E-state index in [0.29, 0.717) is 13.0 Å². The normalized spacial score (nSPS) is 24.7. The zero-order valence-corrected chi connectivity index (χ0v) is 18.0. The van der Waals surface area contributed by atoms with E-state index in [1.807, 2.05) is 39.0 Å². The van der Waals surface area contributed by atoms with Gasteiger partial charge in [0.15, 0.2) is 0 Å². The van der Waals surface area contributed by atoms with Crippen LogP contribution in [0.2, 0.25) is 5.02 Å².